The molecule has 0 atom stereocenters. The summed E-state index contributed by atoms with van der Waals surface area (Å²) in [4.78, 5) is 11.8. The summed E-state index contributed by atoms with van der Waals surface area (Å²) in [5.41, 5.74) is 4.72. The second-order valence-electron chi connectivity index (χ2n) is 7.26. The Kier molecular flexibility index (Phi) is 5.80. The lowest BCUT2D eigenvalue weighted by atomic mass is 9.88. The van der Waals surface area contributed by atoms with Gasteiger partial charge in [0, 0.05) is 5.69 Å². The number of carbonyl (C=O) groups is 1. The van der Waals surface area contributed by atoms with E-state index >= 15 is 0 Å². The predicted octanol–water partition coefficient (Wildman–Crippen LogP) is 4.85. The van der Waals surface area contributed by atoms with E-state index in [1.165, 1.54) is 31.1 Å². The third-order valence-corrected chi connectivity index (χ3v) is 5.53. The van der Waals surface area contributed by atoms with Gasteiger partial charge in [-0.3, -0.25) is 0 Å². The van der Waals surface area contributed by atoms with Gasteiger partial charge in [0.15, 0.2) is 5.11 Å². The Bertz CT molecular complexity index is 840. The van der Waals surface area contributed by atoms with Gasteiger partial charge in [0.1, 0.15) is 0 Å². The summed E-state index contributed by atoms with van der Waals surface area (Å²) in [5, 5.41) is 7.42. The molecule has 0 spiro atoms. The molecule has 5 heteroatoms. The topological polar surface area (TPSA) is 50.4 Å². The van der Waals surface area contributed by atoms with E-state index in [9.17, 15) is 4.79 Å². The van der Waals surface area contributed by atoms with Crippen molar-refractivity contribution in [3.63, 3.8) is 0 Å². The number of hydrogen-bond acceptors (Lipinski definition) is 3. The molecule has 142 valence electrons. The van der Waals surface area contributed by atoms with Gasteiger partial charge in [-0.25, -0.2) is 4.79 Å². The minimum Gasteiger partial charge on any atom is -0.465 e. The Morgan fingerprint density at radius 2 is 1.74 bits per heavy atom. The molecule has 0 radical (unpaired) electrons. The molecule has 0 amide bonds. The molecule has 0 unspecified atom stereocenters. The molecule has 1 saturated carbocycles. The monoisotopic (exact) mass is 382 g/mol. The molecular weight excluding hydrogens is 356 g/mol. The highest BCUT2D eigenvalue weighted by Gasteiger charge is 2.36. The number of esters is 1. The number of hydrogen-bond donors (Lipinski definition) is 2. The summed E-state index contributed by atoms with van der Waals surface area (Å²) >= 11 is 5.63. The molecule has 0 aliphatic heterocycles. The van der Waals surface area contributed by atoms with Crippen LogP contribution >= 0.6 is 12.2 Å². The first kappa shape index (κ1) is 19.4. The first-order chi connectivity index (χ1) is 12.9. The lowest BCUT2D eigenvalue weighted by Crippen LogP contribution is -2.45. The third-order valence-electron chi connectivity index (χ3n) is 5.32. The Labute approximate surface area is 166 Å². The van der Waals surface area contributed by atoms with Crippen molar-refractivity contribution in [3.8, 4) is 0 Å². The van der Waals surface area contributed by atoms with Crippen molar-refractivity contribution in [3.05, 3.63) is 64.7 Å². The molecule has 2 aromatic carbocycles. The van der Waals surface area contributed by atoms with Gasteiger partial charge in [0.25, 0.3) is 0 Å². The number of thiocarbonyl (C=S) groups is 1. The zero-order valence-electron chi connectivity index (χ0n) is 16.1. The van der Waals surface area contributed by atoms with Gasteiger partial charge in [-0.2, -0.15) is 0 Å². The fraction of sp³-hybridized carbons (Fsp3) is 0.364. The molecule has 4 nitrogen and oxygen atoms in total. The van der Waals surface area contributed by atoms with Crippen LogP contribution in [0, 0.1) is 13.8 Å². The fourth-order valence-corrected chi connectivity index (χ4v) is 4.01. The minimum absolute atomic E-state index is 0.133. The van der Waals surface area contributed by atoms with Crippen LogP contribution in [-0.4, -0.2) is 18.2 Å². The Balaban J connectivity index is 1.79. The van der Waals surface area contributed by atoms with Crippen LogP contribution in [0.25, 0.3) is 0 Å². The van der Waals surface area contributed by atoms with Gasteiger partial charge in [-0.05, 0) is 62.2 Å². The number of carbonyl (C=O) groups excluding carboxylic acids is 1. The van der Waals surface area contributed by atoms with Crippen LogP contribution in [0.15, 0.2) is 42.5 Å². The average Bonchev–Trinajstić information content (AvgIpc) is 3.12. The van der Waals surface area contributed by atoms with E-state index in [4.69, 9.17) is 17.0 Å². The van der Waals surface area contributed by atoms with Crippen LogP contribution in [0.3, 0.4) is 0 Å². The molecule has 1 fully saturated rings. The smallest absolute Gasteiger partial charge is 0.337 e. The summed E-state index contributed by atoms with van der Waals surface area (Å²) in [5.74, 6) is -0.358. The van der Waals surface area contributed by atoms with Gasteiger partial charge in [0.2, 0.25) is 0 Å². The highest BCUT2D eigenvalue weighted by atomic mass is 32.1. The molecule has 0 aromatic heterocycles. The zero-order chi connectivity index (χ0) is 19.4. The van der Waals surface area contributed by atoms with Crippen molar-refractivity contribution in [2.45, 2.75) is 45.1 Å². The number of nitrogens with one attached hydrogen (secondary N) is 2. The molecule has 1 aliphatic carbocycles. The SMILES string of the molecule is COC(=O)c1ccc(C)c(NC(=S)NC2(c3ccc(C)cc3)CCCC2)c1. The van der Waals surface area contributed by atoms with Crippen LogP contribution in [0.1, 0.15) is 52.7 Å². The highest BCUT2D eigenvalue weighted by Crippen LogP contribution is 2.39. The molecule has 0 saturated heterocycles. The van der Waals surface area contributed by atoms with Gasteiger partial charge < -0.3 is 15.4 Å². The van der Waals surface area contributed by atoms with Crippen LogP contribution in [0.2, 0.25) is 0 Å². The van der Waals surface area contributed by atoms with E-state index in [0.29, 0.717) is 10.7 Å². The number of methoxy groups -OCH3 is 1. The van der Waals surface area contributed by atoms with Crippen molar-refractivity contribution in [2.75, 3.05) is 12.4 Å². The second kappa shape index (κ2) is 8.09. The maximum Gasteiger partial charge on any atom is 0.337 e. The standard InChI is InChI=1S/C22H26N2O2S/c1-15-6-10-18(11-7-15)22(12-4-5-13-22)24-21(27)23-19-14-17(20(25)26-3)9-8-16(19)2/h6-11,14H,4-5,12-13H2,1-3H3,(H2,23,24,27). The molecular formula is C22H26N2O2S. The fourth-order valence-electron chi connectivity index (χ4n) is 3.71. The van der Waals surface area contributed by atoms with Gasteiger partial charge >= 0.3 is 5.97 Å². The summed E-state index contributed by atoms with van der Waals surface area (Å²) in [7, 11) is 1.38. The predicted molar refractivity (Wildman–Crippen MR) is 113 cm³/mol. The van der Waals surface area contributed by atoms with Gasteiger partial charge in [-0.15, -0.1) is 0 Å². The average molecular weight is 383 g/mol. The largest absolute Gasteiger partial charge is 0.465 e. The third kappa shape index (κ3) is 4.30. The number of ether oxygens (including phenoxy) is 1. The summed E-state index contributed by atoms with van der Waals surface area (Å²) in [6, 6.07) is 14.1. The molecule has 0 bridgehead atoms. The van der Waals surface area contributed by atoms with Crippen molar-refractivity contribution in [2.24, 2.45) is 0 Å². The minimum atomic E-state index is -0.358. The molecule has 0 heterocycles. The maximum absolute atomic E-state index is 11.8. The molecule has 2 aromatic rings. The van der Waals surface area contributed by atoms with E-state index in [1.54, 1.807) is 12.1 Å². The zero-order valence-corrected chi connectivity index (χ0v) is 16.9. The molecule has 27 heavy (non-hydrogen) atoms. The van der Waals surface area contributed by atoms with Gasteiger partial charge in [0.05, 0.1) is 18.2 Å². The Hall–Kier alpha value is -2.40. The quantitative estimate of drug-likeness (QED) is 0.585. The van der Waals surface area contributed by atoms with Crippen molar-refractivity contribution in [1.29, 1.82) is 0 Å². The van der Waals surface area contributed by atoms with Crippen molar-refractivity contribution in [1.82, 2.24) is 5.32 Å². The van der Waals surface area contributed by atoms with Crippen molar-refractivity contribution >= 4 is 29.0 Å². The second-order valence-corrected chi connectivity index (χ2v) is 7.66. The molecule has 1 aliphatic rings. The Morgan fingerprint density at radius 1 is 1.07 bits per heavy atom. The summed E-state index contributed by atoms with van der Waals surface area (Å²) in [6.07, 6.45) is 4.47. The number of rotatable bonds is 4. The van der Waals surface area contributed by atoms with E-state index < -0.39 is 0 Å². The van der Waals surface area contributed by atoms with E-state index in [-0.39, 0.29) is 11.5 Å². The summed E-state index contributed by atoms with van der Waals surface area (Å²) < 4.78 is 4.81. The number of aryl methyl sites for hydroxylation is 2. The van der Waals surface area contributed by atoms with E-state index in [2.05, 4.69) is 41.8 Å². The number of anilines is 1. The van der Waals surface area contributed by atoms with Gasteiger partial charge in [-0.1, -0.05) is 48.7 Å². The maximum atomic E-state index is 11.8. The molecule has 2 N–H and O–H groups in total. The van der Waals surface area contributed by atoms with Crippen LogP contribution in [0.5, 0.6) is 0 Å². The molecule has 3 rings (SSSR count). The summed E-state index contributed by atoms with van der Waals surface area (Å²) in [6.45, 7) is 4.08. The first-order valence-electron chi connectivity index (χ1n) is 9.29. The normalized spacial score (nSPS) is 15.2. The van der Waals surface area contributed by atoms with Crippen molar-refractivity contribution < 1.29 is 9.53 Å². The van der Waals surface area contributed by atoms with Crippen LogP contribution in [-0.2, 0) is 10.3 Å². The lowest BCUT2D eigenvalue weighted by Gasteiger charge is -2.33. The van der Waals surface area contributed by atoms with E-state index in [1.807, 2.05) is 13.0 Å². The highest BCUT2D eigenvalue weighted by molar-refractivity contribution is 7.80. The number of benzene rings is 2. The van der Waals surface area contributed by atoms with E-state index in [0.717, 1.165) is 24.1 Å². The van der Waals surface area contributed by atoms with Crippen LogP contribution in [0.4, 0.5) is 5.69 Å². The van der Waals surface area contributed by atoms with Crippen LogP contribution < -0.4 is 10.6 Å². The Morgan fingerprint density at radius 3 is 2.37 bits per heavy atom. The lowest BCUT2D eigenvalue weighted by molar-refractivity contribution is 0.0601. The first-order valence-corrected chi connectivity index (χ1v) is 9.70.